The first-order valence-electron chi connectivity index (χ1n) is 2.92. The first-order chi connectivity index (χ1) is 4.88. The van der Waals surface area contributed by atoms with Gasteiger partial charge in [0, 0.05) is 10.1 Å². The van der Waals surface area contributed by atoms with Gasteiger partial charge in [-0.25, -0.2) is 0 Å². The Morgan fingerprint density at radius 1 is 1.30 bits per heavy atom. The summed E-state index contributed by atoms with van der Waals surface area (Å²) in [5.74, 6) is 0. The number of benzene rings is 1. The standard InChI is InChI=1S/C8H4ClS/c9-7-5-10-8-4-2-1-3-6(7)8/h1-4H. The summed E-state index contributed by atoms with van der Waals surface area (Å²) in [5, 5.41) is 4.83. The summed E-state index contributed by atoms with van der Waals surface area (Å²) >= 11 is 7.38. The van der Waals surface area contributed by atoms with E-state index < -0.39 is 0 Å². The lowest BCUT2D eigenvalue weighted by molar-refractivity contribution is 1.85. The zero-order valence-electron chi connectivity index (χ0n) is 5.10. The first kappa shape index (κ1) is 6.20. The van der Waals surface area contributed by atoms with Gasteiger partial charge >= 0.3 is 0 Å². The maximum atomic E-state index is 5.83. The lowest BCUT2D eigenvalue weighted by Crippen LogP contribution is -1.59. The summed E-state index contributed by atoms with van der Waals surface area (Å²) in [6, 6.07) is 8.03. The molecule has 0 aliphatic heterocycles. The second-order valence-electron chi connectivity index (χ2n) is 2.01. The summed E-state index contributed by atoms with van der Waals surface area (Å²) in [6.45, 7) is 0. The normalized spacial score (nSPS) is 10.5. The maximum Gasteiger partial charge on any atom is 0.0679 e. The molecule has 0 fully saturated rings. The number of rotatable bonds is 0. The van der Waals surface area contributed by atoms with Crippen LogP contribution < -0.4 is 0 Å². The molecule has 2 aromatic rings. The Kier molecular flexibility index (Phi) is 1.40. The third-order valence-corrected chi connectivity index (χ3v) is 2.67. The molecule has 0 aliphatic rings. The van der Waals surface area contributed by atoms with E-state index in [0.29, 0.717) is 0 Å². The summed E-state index contributed by atoms with van der Waals surface area (Å²) in [4.78, 5) is 0. The molecule has 1 aromatic carbocycles. The van der Waals surface area contributed by atoms with Gasteiger partial charge in [0.1, 0.15) is 0 Å². The minimum absolute atomic E-state index is 0.737. The summed E-state index contributed by atoms with van der Waals surface area (Å²) in [5.41, 5.74) is 0. The third kappa shape index (κ3) is 0.825. The molecule has 0 saturated carbocycles. The van der Waals surface area contributed by atoms with E-state index in [4.69, 9.17) is 11.6 Å². The predicted octanol–water partition coefficient (Wildman–Crippen LogP) is 3.35. The summed E-state index contributed by atoms with van der Waals surface area (Å²) in [7, 11) is 0. The van der Waals surface area contributed by atoms with Crippen molar-refractivity contribution in [1.82, 2.24) is 0 Å². The van der Waals surface area contributed by atoms with Crippen LogP contribution in [0.3, 0.4) is 0 Å². The molecule has 2 heteroatoms. The first-order valence-corrected chi connectivity index (χ1v) is 4.12. The minimum atomic E-state index is 0.737. The van der Waals surface area contributed by atoms with Gasteiger partial charge in [-0.3, -0.25) is 0 Å². The molecule has 1 radical (unpaired) electrons. The van der Waals surface area contributed by atoms with E-state index in [1.165, 1.54) is 4.70 Å². The number of halogens is 1. The molecule has 0 saturated heterocycles. The van der Waals surface area contributed by atoms with Gasteiger partial charge < -0.3 is 0 Å². The van der Waals surface area contributed by atoms with Crippen LogP contribution in [0.5, 0.6) is 0 Å². The van der Waals surface area contributed by atoms with Crippen LogP contribution in [0.2, 0.25) is 5.02 Å². The molecule has 0 nitrogen and oxygen atoms in total. The van der Waals surface area contributed by atoms with Crippen molar-refractivity contribution >= 4 is 33.0 Å². The number of thiophene rings is 1. The Labute approximate surface area is 68.1 Å². The van der Waals surface area contributed by atoms with Crippen molar-refractivity contribution in [3.63, 3.8) is 0 Å². The maximum absolute atomic E-state index is 5.83. The molecule has 2 rings (SSSR count). The van der Waals surface area contributed by atoms with Crippen LogP contribution in [0.4, 0.5) is 0 Å². The lowest BCUT2D eigenvalue weighted by Gasteiger charge is -1.85. The van der Waals surface area contributed by atoms with Crippen molar-refractivity contribution in [3.8, 4) is 0 Å². The molecule has 0 unspecified atom stereocenters. The minimum Gasteiger partial charge on any atom is -0.133 e. The quantitative estimate of drug-likeness (QED) is 0.565. The summed E-state index contributed by atoms with van der Waals surface area (Å²) in [6.07, 6.45) is 0. The van der Waals surface area contributed by atoms with E-state index in [-0.39, 0.29) is 0 Å². The Balaban J connectivity index is 2.93. The number of hydrogen-bond donors (Lipinski definition) is 0. The van der Waals surface area contributed by atoms with Gasteiger partial charge in [-0.05, 0) is 6.07 Å². The molecule has 0 spiro atoms. The fourth-order valence-corrected chi connectivity index (χ4v) is 1.96. The van der Waals surface area contributed by atoms with Gasteiger partial charge in [-0.2, -0.15) is 0 Å². The van der Waals surface area contributed by atoms with Crippen molar-refractivity contribution in [2.24, 2.45) is 0 Å². The Morgan fingerprint density at radius 3 is 2.90 bits per heavy atom. The molecule has 0 aliphatic carbocycles. The number of fused-ring (bicyclic) bond motifs is 1. The molecule has 0 amide bonds. The van der Waals surface area contributed by atoms with E-state index >= 15 is 0 Å². The van der Waals surface area contributed by atoms with Gasteiger partial charge in [0.25, 0.3) is 0 Å². The van der Waals surface area contributed by atoms with Crippen molar-refractivity contribution in [2.75, 3.05) is 0 Å². The molecular weight excluding hydrogens is 164 g/mol. The van der Waals surface area contributed by atoms with Crippen molar-refractivity contribution in [1.29, 1.82) is 0 Å². The van der Waals surface area contributed by atoms with Gasteiger partial charge in [0.05, 0.1) is 10.4 Å². The molecule has 0 atom stereocenters. The lowest BCUT2D eigenvalue weighted by atomic mass is 10.3. The zero-order chi connectivity index (χ0) is 6.97. The van der Waals surface area contributed by atoms with E-state index in [0.717, 1.165) is 10.4 Å². The van der Waals surface area contributed by atoms with Crippen LogP contribution in [0, 0.1) is 5.38 Å². The van der Waals surface area contributed by atoms with Gasteiger partial charge in [-0.1, -0.05) is 29.8 Å². The highest BCUT2D eigenvalue weighted by molar-refractivity contribution is 7.17. The van der Waals surface area contributed by atoms with Crippen molar-refractivity contribution in [2.45, 2.75) is 0 Å². The van der Waals surface area contributed by atoms with Crippen molar-refractivity contribution < 1.29 is 0 Å². The Hall–Kier alpha value is -0.530. The van der Waals surface area contributed by atoms with Crippen LogP contribution >= 0.6 is 22.9 Å². The average Bonchev–Trinajstić information content (AvgIpc) is 2.34. The smallest absolute Gasteiger partial charge is 0.0679 e. The van der Waals surface area contributed by atoms with Gasteiger partial charge in [0.2, 0.25) is 0 Å². The van der Waals surface area contributed by atoms with E-state index in [2.05, 4.69) is 5.38 Å². The topological polar surface area (TPSA) is 0 Å². The highest BCUT2D eigenvalue weighted by atomic mass is 35.5. The van der Waals surface area contributed by atoms with Crippen LogP contribution in [-0.4, -0.2) is 0 Å². The molecular formula is C8H4ClS. The van der Waals surface area contributed by atoms with Crippen molar-refractivity contribution in [3.05, 3.63) is 34.7 Å². The summed E-state index contributed by atoms with van der Waals surface area (Å²) < 4.78 is 1.20. The molecule has 0 N–H and O–H groups in total. The molecule has 1 aromatic heterocycles. The second kappa shape index (κ2) is 2.26. The van der Waals surface area contributed by atoms with Crippen LogP contribution in [0.15, 0.2) is 24.3 Å². The van der Waals surface area contributed by atoms with Crippen LogP contribution in [0.25, 0.3) is 10.1 Å². The fraction of sp³-hybridized carbons (Fsp3) is 0. The molecule has 0 bridgehead atoms. The van der Waals surface area contributed by atoms with Gasteiger partial charge in [-0.15, -0.1) is 11.3 Å². The third-order valence-electron chi connectivity index (χ3n) is 1.37. The highest BCUT2D eigenvalue weighted by Crippen LogP contribution is 2.28. The van der Waals surface area contributed by atoms with Crippen LogP contribution in [0.1, 0.15) is 0 Å². The van der Waals surface area contributed by atoms with E-state index in [1.807, 2.05) is 24.3 Å². The fourth-order valence-electron chi connectivity index (χ4n) is 0.892. The van der Waals surface area contributed by atoms with E-state index in [1.54, 1.807) is 11.3 Å². The van der Waals surface area contributed by atoms with Gasteiger partial charge in [0.15, 0.2) is 0 Å². The second-order valence-corrected chi connectivity index (χ2v) is 3.24. The largest absolute Gasteiger partial charge is 0.133 e. The average molecular weight is 168 g/mol. The van der Waals surface area contributed by atoms with E-state index in [9.17, 15) is 0 Å². The van der Waals surface area contributed by atoms with Crippen LogP contribution in [-0.2, 0) is 0 Å². The highest BCUT2D eigenvalue weighted by Gasteiger charge is 1.98. The predicted molar refractivity (Wildman–Crippen MR) is 45.7 cm³/mol. The Bertz CT molecular complexity index is 351. The molecule has 10 heavy (non-hydrogen) atoms. The monoisotopic (exact) mass is 167 g/mol. The Morgan fingerprint density at radius 2 is 2.10 bits per heavy atom. The SMILES string of the molecule is Clc1[c]sc2ccccc12. The zero-order valence-corrected chi connectivity index (χ0v) is 6.67. The molecule has 1 heterocycles. The molecule has 49 valence electrons. The number of hydrogen-bond acceptors (Lipinski definition) is 1.